The first-order valence-electron chi connectivity index (χ1n) is 7.32. The molecule has 0 bridgehead atoms. The highest BCUT2D eigenvalue weighted by molar-refractivity contribution is 7.10. The van der Waals surface area contributed by atoms with E-state index in [-0.39, 0.29) is 0 Å². The van der Waals surface area contributed by atoms with Gasteiger partial charge < -0.3 is 15.1 Å². The van der Waals surface area contributed by atoms with Crippen LogP contribution in [0.15, 0.2) is 41.8 Å². The van der Waals surface area contributed by atoms with Gasteiger partial charge in [0.05, 0.1) is 5.60 Å². The number of piperidine rings is 1. The van der Waals surface area contributed by atoms with Crippen molar-refractivity contribution in [2.45, 2.75) is 24.5 Å². The molecule has 0 aliphatic carbocycles. The largest absolute Gasteiger partial charge is 0.385 e. The molecule has 1 aliphatic rings. The maximum atomic E-state index is 11.0. The number of aliphatic hydroxyl groups excluding tert-OH is 1. The van der Waals surface area contributed by atoms with Crippen LogP contribution in [0.25, 0.3) is 0 Å². The Kier molecular flexibility index (Phi) is 4.13. The Balaban J connectivity index is 1.91. The molecule has 21 heavy (non-hydrogen) atoms. The number of likely N-dealkylation sites (tertiary alicyclic amines) is 1. The molecule has 1 saturated heterocycles. The third-order valence-corrected chi connectivity index (χ3v) is 5.34. The zero-order valence-electron chi connectivity index (χ0n) is 12.2. The Bertz CT molecular complexity index is 588. The van der Waals surface area contributed by atoms with Gasteiger partial charge in [0.15, 0.2) is 0 Å². The van der Waals surface area contributed by atoms with Gasteiger partial charge in [-0.2, -0.15) is 0 Å². The molecule has 1 unspecified atom stereocenters. The zero-order chi connectivity index (χ0) is 14.9. The van der Waals surface area contributed by atoms with E-state index in [1.807, 2.05) is 41.8 Å². The first kappa shape index (κ1) is 14.7. The Morgan fingerprint density at radius 1 is 1.14 bits per heavy atom. The van der Waals surface area contributed by atoms with E-state index in [1.165, 1.54) is 11.3 Å². The Morgan fingerprint density at radius 3 is 2.48 bits per heavy atom. The number of aliphatic hydroxyl groups is 2. The molecule has 0 amide bonds. The van der Waals surface area contributed by atoms with E-state index in [9.17, 15) is 10.2 Å². The predicted molar refractivity (Wildman–Crippen MR) is 85.5 cm³/mol. The van der Waals surface area contributed by atoms with E-state index in [0.717, 1.165) is 41.9 Å². The summed E-state index contributed by atoms with van der Waals surface area (Å²) in [4.78, 5) is 3.10. The van der Waals surface area contributed by atoms with Gasteiger partial charge in [-0.05, 0) is 36.9 Å². The fraction of sp³-hybridized carbons (Fsp3) is 0.412. The van der Waals surface area contributed by atoms with Gasteiger partial charge in [0.2, 0.25) is 0 Å². The summed E-state index contributed by atoms with van der Waals surface area (Å²) in [5.74, 6) is 0. The first-order valence-corrected chi connectivity index (χ1v) is 8.20. The fourth-order valence-electron chi connectivity index (χ4n) is 2.96. The highest BCUT2D eigenvalue weighted by Gasteiger charge is 2.36. The molecule has 1 atom stereocenters. The molecule has 2 N–H and O–H groups in total. The van der Waals surface area contributed by atoms with Crippen LogP contribution in [0, 0.1) is 0 Å². The van der Waals surface area contributed by atoms with Crippen molar-refractivity contribution in [1.29, 1.82) is 0 Å². The Hall–Kier alpha value is -1.20. The van der Waals surface area contributed by atoms with E-state index in [4.69, 9.17) is 0 Å². The van der Waals surface area contributed by atoms with Gasteiger partial charge >= 0.3 is 0 Å². The lowest BCUT2D eigenvalue weighted by Gasteiger charge is -2.37. The second kappa shape index (κ2) is 5.89. The molecule has 1 aromatic carbocycles. The molecule has 1 aliphatic heterocycles. The molecule has 3 rings (SSSR count). The summed E-state index contributed by atoms with van der Waals surface area (Å²) in [5.41, 5.74) is 0.965. The quantitative estimate of drug-likeness (QED) is 0.916. The summed E-state index contributed by atoms with van der Waals surface area (Å²) >= 11 is 1.52. The minimum atomic E-state index is -0.808. The van der Waals surface area contributed by atoms with Crippen molar-refractivity contribution in [3.63, 3.8) is 0 Å². The second-order valence-corrected chi connectivity index (χ2v) is 6.79. The summed E-state index contributed by atoms with van der Waals surface area (Å²) < 4.78 is 0. The van der Waals surface area contributed by atoms with Crippen molar-refractivity contribution in [3.05, 3.63) is 57.8 Å². The van der Waals surface area contributed by atoms with E-state index < -0.39 is 11.7 Å². The summed E-state index contributed by atoms with van der Waals surface area (Å²) in [7, 11) is 2.08. The highest BCUT2D eigenvalue weighted by Crippen LogP contribution is 2.40. The fourth-order valence-corrected chi connectivity index (χ4v) is 3.96. The van der Waals surface area contributed by atoms with Crippen molar-refractivity contribution >= 4 is 11.3 Å². The van der Waals surface area contributed by atoms with Crippen LogP contribution in [0.1, 0.15) is 34.9 Å². The first-order chi connectivity index (χ1) is 10.1. The minimum Gasteiger partial charge on any atom is -0.385 e. The summed E-state index contributed by atoms with van der Waals surface area (Å²) in [6.45, 7) is 1.76. The van der Waals surface area contributed by atoms with Gasteiger partial charge in [0.25, 0.3) is 0 Å². The van der Waals surface area contributed by atoms with Crippen molar-refractivity contribution in [1.82, 2.24) is 4.90 Å². The lowest BCUT2D eigenvalue weighted by Crippen LogP contribution is -2.41. The SMILES string of the molecule is CN1CCC(O)(c2ccsc2C(O)c2ccccc2)CC1. The summed E-state index contributed by atoms with van der Waals surface area (Å²) in [5, 5.41) is 23.6. The number of rotatable bonds is 3. The van der Waals surface area contributed by atoms with Crippen LogP contribution in [-0.2, 0) is 5.60 Å². The normalized spacial score (nSPS) is 20.3. The topological polar surface area (TPSA) is 43.7 Å². The average molecular weight is 303 g/mol. The van der Waals surface area contributed by atoms with Crippen molar-refractivity contribution in [3.8, 4) is 0 Å². The van der Waals surface area contributed by atoms with Crippen LogP contribution in [0.4, 0.5) is 0 Å². The van der Waals surface area contributed by atoms with Crippen LogP contribution >= 0.6 is 11.3 Å². The standard InChI is InChI=1S/C17H21NO2S/c1-18-10-8-17(20,9-11-18)14-7-12-21-16(14)15(19)13-5-3-2-4-6-13/h2-7,12,15,19-20H,8-11H2,1H3. The van der Waals surface area contributed by atoms with Gasteiger partial charge in [-0.3, -0.25) is 0 Å². The van der Waals surface area contributed by atoms with Crippen LogP contribution in [0.2, 0.25) is 0 Å². The van der Waals surface area contributed by atoms with Crippen molar-refractivity contribution in [2.75, 3.05) is 20.1 Å². The van der Waals surface area contributed by atoms with E-state index >= 15 is 0 Å². The van der Waals surface area contributed by atoms with Gasteiger partial charge in [0.1, 0.15) is 6.10 Å². The predicted octanol–water partition coefficient (Wildman–Crippen LogP) is 2.74. The third kappa shape index (κ3) is 2.90. The summed E-state index contributed by atoms with van der Waals surface area (Å²) in [6.07, 6.45) is 0.772. The molecule has 0 radical (unpaired) electrons. The molecule has 0 saturated carbocycles. The molecule has 1 aromatic heterocycles. The average Bonchev–Trinajstić information content (AvgIpc) is 3.01. The number of hydrogen-bond acceptors (Lipinski definition) is 4. The van der Waals surface area contributed by atoms with Gasteiger partial charge in [-0.1, -0.05) is 30.3 Å². The van der Waals surface area contributed by atoms with E-state index in [1.54, 1.807) is 0 Å². The lowest BCUT2D eigenvalue weighted by molar-refractivity contribution is -0.0216. The van der Waals surface area contributed by atoms with Crippen molar-refractivity contribution < 1.29 is 10.2 Å². The molecule has 1 fully saturated rings. The molecular formula is C17H21NO2S. The third-order valence-electron chi connectivity index (χ3n) is 4.37. The lowest BCUT2D eigenvalue weighted by atomic mass is 9.83. The van der Waals surface area contributed by atoms with Gasteiger partial charge in [0, 0.05) is 23.5 Å². The molecule has 3 nitrogen and oxygen atoms in total. The molecule has 4 heteroatoms. The smallest absolute Gasteiger partial charge is 0.114 e. The Morgan fingerprint density at radius 2 is 1.81 bits per heavy atom. The molecule has 2 aromatic rings. The maximum Gasteiger partial charge on any atom is 0.114 e. The minimum absolute atomic E-state index is 0.662. The van der Waals surface area contributed by atoms with E-state index in [0.29, 0.717) is 0 Å². The zero-order valence-corrected chi connectivity index (χ0v) is 13.0. The molecule has 0 spiro atoms. The Labute approximate surface area is 129 Å². The number of benzene rings is 1. The number of thiophene rings is 1. The van der Waals surface area contributed by atoms with Crippen LogP contribution in [-0.4, -0.2) is 35.3 Å². The van der Waals surface area contributed by atoms with Crippen LogP contribution in [0.3, 0.4) is 0 Å². The monoisotopic (exact) mass is 303 g/mol. The van der Waals surface area contributed by atoms with Crippen LogP contribution in [0.5, 0.6) is 0 Å². The van der Waals surface area contributed by atoms with Gasteiger partial charge in [-0.25, -0.2) is 0 Å². The maximum absolute atomic E-state index is 11.0. The summed E-state index contributed by atoms with van der Waals surface area (Å²) in [6, 6.07) is 11.6. The molecule has 2 heterocycles. The number of hydrogen-bond donors (Lipinski definition) is 2. The molecule has 112 valence electrons. The second-order valence-electron chi connectivity index (χ2n) is 5.85. The molecular weight excluding hydrogens is 282 g/mol. The number of nitrogens with zero attached hydrogens (tertiary/aromatic N) is 1. The van der Waals surface area contributed by atoms with E-state index in [2.05, 4.69) is 11.9 Å². The van der Waals surface area contributed by atoms with Crippen molar-refractivity contribution in [2.24, 2.45) is 0 Å². The van der Waals surface area contributed by atoms with Crippen LogP contribution < -0.4 is 0 Å². The highest BCUT2D eigenvalue weighted by atomic mass is 32.1. The van der Waals surface area contributed by atoms with Gasteiger partial charge in [-0.15, -0.1) is 11.3 Å².